The molecule has 0 saturated carbocycles. The third-order valence-electron chi connectivity index (χ3n) is 3.00. The molecule has 0 unspecified atom stereocenters. The smallest absolute Gasteiger partial charge is 0.122 e. The Morgan fingerprint density at radius 3 is 2.45 bits per heavy atom. The van der Waals surface area contributed by atoms with Gasteiger partial charge in [-0.3, -0.25) is 5.41 Å². The van der Waals surface area contributed by atoms with Gasteiger partial charge in [0.05, 0.1) is 0 Å². The maximum absolute atomic E-state index is 7.41. The Morgan fingerprint density at radius 1 is 1.15 bits per heavy atom. The molecule has 3 N–H and O–H groups in total. The Kier molecular flexibility index (Phi) is 4.25. The summed E-state index contributed by atoms with van der Waals surface area (Å²) in [6.07, 6.45) is 0. The molecule has 0 aliphatic heterocycles. The SMILES string of the molecule is CN(C)c1ccc(COc2cccc(C(=N)N)c2)cc1. The number of nitrogens with zero attached hydrogens (tertiary/aromatic N) is 1. The molecular weight excluding hydrogens is 250 g/mol. The summed E-state index contributed by atoms with van der Waals surface area (Å²) in [4.78, 5) is 2.06. The number of nitrogen functional groups attached to an aromatic ring is 1. The average Bonchev–Trinajstić information content (AvgIpc) is 2.46. The molecule has 0 aromatic heterocycles. The molecule has 0 spiro atoms. The van der Waals surface area contributed by atoms with E-state index in [0.29, 0.717) is 12.2 Å². The fourth-order valence-electron chi connectivity index (χ4n) is 1.81. The van der Waals surface area contributed by atoms with Crippen LogP contribution in [0.3, 0.4) is 0 Å². The van der Waals surface area contributed by atoms with Gasteiger partial charge >= 0.3 is 0 Å². The molecule has 0 fully saturated rings. The van der Waals surface area contributed by atoms with Gasteiger partial charge in [-0.1, -0.05) is 24.3 Å². The van der Waals surface area contributed by atoms with E-state index in [2.05, 4.69) is 17.0 Å². The third kappa shape index (κ3) is 3.51. The number of benzene rings is 2. The van der Waals surface area contributed by atoms with Crippen LogP contribution >= 0.6 is 0 Å². The minimum atomic E-state index is 0.0470. The number of nitrogens with one attached hydrogen (secondary N) is 1. The monoisotopic (exact) mass is 269 g/mol. The Bertz CT molecular complexity index is 591. The average molecular weight is 269 g/mol. The van der Waals surface area contributed by atoms with Gasteiger partial charge < -0.3 is 15.4 Å². The van der Waals surface area contributed by atoms with E-state index >= 15 is 0 Å². The molecule has 4 heteroatoms. The summed E-state index contributed by atoms with van der Waals surface area (Å²) in [7, 11) is 4.03. The van der Waals surface area contributed by atoms with Crippen molar-refractivity contribution in [1.29, 1.82) is 5.41 Å². The molecule has 20 heavy (non-hydrogen) atoms. The van der Waals surface area contributed by atoms with Crippen LogP contribution in [0.2, 0.25) is 0 Å². The zero-order valence-electron chi connectivity index (χ0n) is 11.8. The lowest BCUT2D eigenvalue weighted by Gasteiger charge is -2.13. The van der Waals surface area contributed by atoms with E-state index in [-0.39, 0.29) is 5.84 Å². The van der Waals surface area contributed by atoms with Gasteiger partial charge in [-0.2, -0.15) is 0 Å². The molecular formula is C16H19N3O. The molecule has 0 saturated heterocycles. The molecule has 0 atom stereocenters. The van der Waals surface area contributed by atoms with Gasteiger partial charge in [-0.05, 0) is 29.8 Å². The lowest BCUT2D eigenvalue weighted by atomic mass is 10.2. The largest absolute Gasteiger partial charge is 0.489 e. The topological polar surface area (TPSA) is 62.3 Å². The number of anilines is 1. The van der Waals surface area contributed by atoms with Crippen LogP contribution < -0.4 is 15.4 Å². The molecule has 2 aromatic rings. The normalized spacial score (nSPS) is 10.1. The van der Waals surface area contributed by atoms with Crippen molar-refractivity contribution in [2.45, 2.75) is 6.61 Å². The van der Waals surface area contributed by atoms with Crippen molar-refractivity contribution < 1.29 is 4.74 Å². The van der Waals surface area contributed by atoms with E-state index in [4.69, 9.17) is 15.9 Å². The van der Waals surface area contributed by atoms with Crippen molar-refractivity contribution in [2.75, 3.05) is 19.0 Å². The second-order valence-electron chi connectivity index (χ2n) is 4.79. The number of ether oxygens (including phenoxy) is 1. The van der Waals surface area contributed by atoms with Crippen LogP contribution in [0.1, 0.15) is 11.1 Å². The van der Waals surface area contributed by atoms with Crippen LogP contribution in [0.25, 0.3) is 0 Å². The molecule has 0 aliphatic carbocycles. The first-order valence-electron chi connectivity index (χ1n) is 6.40. The minimum absolute atomic E-state index is 0.0470. The summed E-state index contributed by atoms with van der Waals surface area (Å²) in [6, 6.07) is 15.5. The van der Waals surface area contributed by atoms with Crippen molar-refractivity contribution in [3.8, 4) is 5.75 Å². The first-order chi connectivity index (χ1) is 9.56. The Balaban J connectivity index is 2.01. The quantitative estimate of drug-likeness (QED) is 0.648. The van der Waals surface area contributed by atoms with Crippen LogP contribution in [0, 0.1) is 5.41 Å². The number of hydrogen-bond acceptors (Lipinski definition) is 3. The van der Waals surface area contributed by atoms with Crippen LogP contribution in [-0.4, -0.2) is 19.9 Å². The van der Waals surface area contributed by atoms with Crippen molar-refractivity contribution in [3.05, 3.63) is 59.7 Å². The van der Waals surface area contributed by atoms with Gasteiger partial charge in [0.1, 0.15) is 18.2 Å². The zero-order valence-corrected chi connectivity index (χ0v) is 11.8. The van der Waals surface area contributed by atoms with Crippen LogP contribution in [-0.2, 0) is 6.61 Å². The molecule has 104 valence electrons. The molecule has 2 aromatic carbocycles. The Morgan fingerprint density at radius 2 is 1.85 bits per heavy atom. The van der Waals surface area contributed by atoms with Crippen molar-refractivity contribution >= 4 is 11.5 Å². The minimum Gasteiger partial charge on any atom is -0.489 e. The highest BCUT2D eigenvalue weighted by Crippen LogP contribution is 2.17. The summed E-state index contributed by atoms with van der Waals surface area (Å²) >= 11 is 0. The maximum Gasteiger partial charge on any atom is 0.122 e. The molecule has 0 bridgehead atoms. The van der Waals surface area contributed by atoms with E-state index in [1.54, 1.807) is 12.1 Å². The van der Waals surface area contributed by atoms with E-state index in [9.17, 15) is 0 Å². The second-order valence-corrected chi connectivity index (χ2v) is 4.79. The Hall–Kier alpha value is -2.49. The highest BCUT2D eigenvalue weighted by Gasteiger charge is 2.01. The Labute approximate surface area is 119 Å². The van der Waals surface area contributed by atoms with Crippen molar-refractivity contribution in [2.24, 2.45) is 5.73 Å². The summed E-state index contributed by atoms with van der Waals surface area (Å²) < 4.78 is 5.72. The van der Waals surface area contributed by atoms with Gasteiger partial charge in [-0.15, -0.1) is 0 Å². The molecule has 0 heterocycles. The van der Waals surface area contributed by atoms with Gasteiger partial charge in [0.25, 0.3) is 0 Å². The van der Waals surface area contributed by atoms with Crippen molar-refractivity contribution in [3.63, 3.8) is 0 Å². The van der Waals surface area contributed by atoms with Crippen LogP contribution in [0.4, 0.5) is 5.69 Å². The number of rotatable bonds is 5. The summed E-state index contributed by atoms with van der Waals surface area (Å²) in [6.45, 7) is 0.495. The first kappa shape index (κ1) is 13.9. The highest BCUT2D eigenvalue weighted by molar-refractivity contribution is 5.95. The van der Waals surface area contributed by atoms with Gasteiger partial charge in [0, 0.05) is 25.3 Å². The molecule has 0 radical (unpaired) electrons. The fourth-order valence-corrected chi connectivity index (χ4v) is 1.81. The number of nitrogens with two attached hydrogens (primary N) is 1. The molecule has 2 rings (SSSR count). The maximum atomic E-state index is 7.41. The number of hydrogen-bond donors (Lipinski definition) is 2. The summed E-state index contributed by atoms with van der Waals surface area (Å²) in [5.41, 5.74) is 8.39. The summed E-state index contributed by atoms with van der Waals surface area (Å²) in [5, 5.41) is 7.41. The number of amidine groups is 1. The van der Waals surface area contributed by atoms with Gasteiger partial charge in [0.2, 0.25) is 0 Å². The van der Waals surface area contributed by atoms with E-state index in [1.165, 1.54) is 0 Å². The van der Waals surface area contributed by atoms with Gasteiger partial charge in [0.15, 0.2) is 0 Å². The van der Waals surface area contributed by atoms with E-state index in [1.807, 2.05) is 38.4 Å². The highest BCUT2D eigenvalue weighted by atomic mass is 16.5. The fraction of sp³-hybridized carbons (Fsp3) is 0.188. The summed E-state index contributed by atoms with van der Waals surface area (Å²) in [5.74, 6) is 0.764. The second kappa shape index (κ2) is 6.10. The first-order valence-corrected chi connectivity index (χ1v) is 6.40. The van der Waals surface area contributed by atoms with Crippen LogP contribution in [0.5, 0.6) is 5.75 Å². The third-order valence-corrected chi connectivity index (χ3v) is 3.00. The van der Waals surface area contributed by atoms with E-state index in [0.717, 1.165) is 17.0 Å². The predicted octanol–water partition coefficient (Wildman–Crippen LogP) is 2.62. The van der Waals surface area contributed by atoms with Gasteiger partial charge in [-0.25, -0.2) is 0 Å². The zero-order chi connectivity index (χ0) is 14.5. The van der Waals surface area contributed by atoms with E-state index < -0.39 is 0 Å². The van der Waals surface area contributed by atoms with Crippen LogP contribution in [0.15, 0.2) is 48.5 Å². The lowest BCUT2D eigenvalue weighted by Crippen LogP contribution is -2.11. The standard InChI is InChI=1S/C16H19N3O/c1-19(2)14-8-6-12(7-9-14)11-20-15-5-3-4-13(10-15)16(17)18/h3-10H,11H2,1-2H3,(H3,17,18). The predicted molar refractivity (Wildman–Crippen MR) is 82.6 cm³/mol. The molecule has 4 nitrogen and oxygen atoms in total. The molecule has 0 amide bonds. The lowest BCUT2D eigenvalue weighted by molar-refractivity contribution is 0.306. The molecule has 0 aliphatic rings. The van der Waals surface area contributed by atoms with Crippen molar-refractivity contribution in [1.82, 2.24) is 0 Å².